The lowest BCUT2D eigenvalue weighted by molar-refractivity contribution is -0.129. The van der Waals surface area contributed by atoms with E-state index in [1.54, 1.807) is 0 Å². The quantitative estimate of drug-likeness (QED) is 0.374. The molecule has 1 aliphatic carbocycles. The minimum Gasteiger partial charge on any atom is -0.457 e. The molecule has 2 heterocycles. The smallest absolute Gasteiger partial charge is 0.233 e. The first-order valence-corrected chi connectivity index (χ1v) is 13.4. The first kappa shape index (κ1) is 23.2. The van der Waals surface area contributed by atoms with Gasteiger partial charge in [0.05, 0.1) is 5.75 Å². The van der Waals surface area contributed by atoms with E-state index in [0.717, 1.165) is 40.9 Å². The first-order chi connectivity index (χ1) is 16.3. The van der Waals surface area contributed by atoms with E-state index in [1.165, 1.54) is 29.5 Å². The lowest BCUT2D eigenvalue weighted by Crippen LogP contribution is -2.38. The fourth-order valence-electron chi connectivity index (χ4n) is 5.63. The molecule has 6 nitrogen and oxygen atoms in total. The second-order valence-electron chi connectivity index (χ2n) is 10.5. The van der Waals surface area contributed by atoms with E-state index in [-0.39, 0.29) is 11.3 Å². The van der Waals surface area contributed by atoms with Crippen LogP contribution in [0.5, 0.6) is 11.5 Å². The van der Waals surface area contributed by atoms with Crippen molar-refractivity contribution in [3.05, 3.63) is 54.6 Å². The molecule has 2 aromatic carbocycles. The van der Waals surface area contributed by atoms with Crippen LogP contribution in [0.15, 0.2) is 58.9 Å². The van der Waals surface area contributed by atoms with Crippen LogP contribution in [0.25, 0.3) is 0 Å². The molecule has 8 heteroatoms. The lowest BCUT2D eigenvalue weighted by atomic mass is 9.65. The molecule has 2 aliphatic rings. The van der Waals surface area contributed by atoms with Crippen molar-refractivity contribution in [2.75, 3.05) is 17.6 Å². The molecule has 1 aromatic heterocycles. The number of hydrogen-bond acceptors (Lipinski definition) is 7. The number of hydrogen-bond donors (Lipinski definition) is 1. The number of thioether (sulfide) groups is 1. The summed E-state index contributed by atoms with van der Waals surface area (Å²) in [6, 6.07) is 17.8. The van der Waals surface area contributed by atoms with Crippen LogP contribution in [0.1, 0.15) is 40.0 Å². The Bertz CT molecular complexity index is 1150. The summed E-state index contributed by atoms with van der Waals surface area (Å²) >= 11 is 2.94. The van der Waals surface area contributed by atoms with Gasteiger partial charge in [-0.1, -0.05) is 62.1 Å². The summed E-state index contributed by atoms with van der Waals surface area (Å²) < 4.78 is 6.64. The molecule has 0 spiro atoms. The van der Waals surface area contributed by atoms with Gasteiger partial charge in [0.25, 0.3) is 0 Å². The zero-order valence-corrected chi connectivity index (χ0v) is 21.4. The summed E-state index contributed by atoms with van der Waals surface area (Å²) in [5, 5.41) is 12.5. The molecule has 178 valence electrons. The molecule has 0 radical (unpaired) electrons. The molecule has 1 aliphatic heterocycles. The summed E-state index contributed by atoms with van der Waals surface area (Å²) in [6.45, 7) is 7.89. The molecule has 3 aromatic rings. The maximum absolute atomic E-state index is 13.0. The van der Waals surface area contributed by atoms with Crippen molar-refractivity contribution in [3.8, 4) is 11.5 Å². The highest BCUT2D eigenvalue weighted by molar-refractivity contribution is 8.01. The van der Waals surface area contributed by atoms with E-state index in [1.807, 2.05) is 54.6 Å². The highest BCUT2D eigenvalue weighted by Crippen LogP contribution is 2.52. The van der Waals surface area contributed by atoms with Crippen LogP contribution < -0.4 is 10.1 Å². The maximum Gasteiger partial charge on any atom is 0.233 e. The van der Waals surface area contributed by atoms with Crippen LogP contribution in [-0.4, -0.2) is 39.3 Å². The van der Waals surface area contributed by atoms with E-state index in [2.05, 4.69) is 41.2 Å². The average molecular weight is 495 g/mol. The number of para-hydroxylation sites is 1. The highest BCUT2D eigenvalue weighted by Gasteiger charge is 2.50. The molecule has 5 rings (SSSR count). The van der Waals surface area contributed by atoms with Crippen molar-refractivity contribution in [1.82, 2.24) is 15.1 Å². The van der Waals surface area contributed by atoms with Gasteiger partial charge in [-0.25, -0.2) is 0 Å². The number of fused-ring (bicyclic) bond motifs is 2. The number of nitrogens with zero attached hydrogens (tertiary/aromatic N) is 3. The van der Waals surface area contributed by atoms with Crippen LogP contribution in [0.4, 0.5) is 10.8 Å². The number of likely N-dealkylation sites (tertiary alicyclic amines) is 1. The Labute approximate surface area is 209 Å². The molecule has 34 heavy (non-hydrogen) atoms. The van der Waals surface area contributed by atoms with Crippen LogP contribution in [-0.2, 0) is 4.79 Å². The number of anilines is 2. The minimum absolute atomic E-state index is 0.218. The van der Waals surface area contributed by atoms with E-state index in [4.69, 9.17) is 4.74 Å². The Morgan fingerprint density at radius 2 is 1.82 bits per heavy atom. The predicted molar refractivity (Wildman–Crippen MR) is 138 cm³/mol. The summed E-state index contributed by atoms with van der Waals surface area (Å²) in [5.41, 5.74) is 1.48. The third-order valence-electron chi connectivity index (χ3n) is 6.55. The third-order valence-corrected chi connectivity index (χ3v) is 8.50. The van der Waals surface area contributed by atoms with Crippen molar-refractivity contribution in [2.45, 2.75) is 50.4 Å². The Kier molecular flexibility index (Phi) is 6.29. The molecular weight excluding hydrogens is 464 g/mol. The monoisotopic (exact) mass is 494 g/mol. The maximum atomic E-state index is 13.0. The summed E-state index contributed by atoms with van der Waals surface area (Å²) in [6.07, 6.45) is 3.42. The fraction of sp³-hybridized carbons (Fsp3) is 0.423. The Balaban J connectivity index is 1.13. The van der Waals surface area contributed by atoms with Crippen LogP contribution in [0.2, 0.25) is 0 Å². The number of aromatic nitrogens is 2. The largest absolute Gasteiger partial charge is 0.457 e. The van der Waals surface area contributed by atoms with Gasteiger partial charge in [0.1, 0.15) is 11.5 Å². The first-order valence-electron chi connectivity index (χ1n) is 11.6. The SMILES string of the molecule is CC1(C)CC2CC(C)(CN2C(=O)CSc2nnc(Nc3ccc(Oc4ccccc4)cc3)s2)C1. The van der Waals surface area contributed by atoms with Crippen molar-refractivity contribution in [2.24, 2.45) is 10.8 Å². The number of benzene rings is 2. The molecule has 2 fully saturated rings. The topological polar surface area (TPSA) is 67.4 Å². The Morgan fingerprint density at radius 3 is 2.59 bits per heavy atom. The van der Waals surface area contributed by atoms with E-state index in [9.17, 15) is 4.79 Å². The fourth-order valence-corrected chi connectivity index (χ4v) is 7.29. The van der Waals surface area contributed by atoms with Crippen molar-refractivity contribution in [3.63, 3.8) is 0 Å². The Morgan fingerprint density at radius 1 is 1.09 bits per heavy atom. The average Bonchev–Trinajstić information content (AvgIpc) is 3.34. The van der Waals surface area contributed by atoms with Gasteiger partial charge in [-0.05, 0) is 66.5 Å². The van der Waals surface area contributed by atoms with Gasteiger partial charge in [-0.15, -0.1) is 10.2 Å². The van der Waals surface area contributed by atoms with Gasteiger partial charge < -0.3 is 15.0 Å². The number of carbonyl (C=O) groups is 1. The lowest BCUT2D eigenvalue weighted by Gasteiger charge is -2.39. The van der Waals surface area contributed by atoms with E-state index < -0.39 is 0 Å². The molecular formula is C26H30N4O2S2. The summed E-state index contributed by atoms with van der Waals surface area (Å²) in [7, 11) is 0. The number of nitrogens with one attached hydrogen (secondary N) is 1. The molecule has 1 saturated carbocycles. The predicted octanol–water partition coefficient (Wildman–Crippen LogP) is 6.59. The zero-order chi connectivity index (χ0) is 23.8. The van der Waals surface area contributed by atoms with E-state index in [0.29, 0.717) is 22.3 Å². The normalized spacial score (nSPS) is 23.0. The van der Waals surface area contributed by atoms with Crippen molar-refractivity contribution < 1.29 is 9.53 Å². The Hall–Kier alpha value is -2.58. The summed E-state index contributed by atoms with van der Waals surface area (Å²) in [4.78, 5) is 15.1. The molecule has 2 atom stereocenters. The molecule has 2 unspecified atom stereocenters. The number of carbonyl (C=O) groups excluding carboxylic acids is 1. The van der Waals surface area contributed by atoms with Crippen molar-refractivity contribution >= 4 is 39.8 Å². The van der Waals surface area contributed by atoms with Gasteiger partial charge in [0, 0.05) is 18.3 Å². The van der Waals surface area contributed by atoms with Crippen LogP contribution >= 0.6 is 23.1 Å². The van der Waals surface area contributed by atoms with E-state index >= 15 is 0 Å². The molecule has 2 bridgehead atoms. The molecule has 1 amide bonds. The minimum atomic E-state index is 0.218. The molecule has 1 saturated heterocycles. The van der Waals surface area contributed by atoms with Crippen molar-refractivity contribution in [1.29, 1.82) is 0 Å². The zero-order valence-electron chi connectivity index (χ0n) is 19.8. The second kappa shape index (κ2) is 9.23. The number of ether oxygens (including phenoxy) is 1. The van der Waals surface area contributed by atoms with Crippen LogP contribution in [0, 0.1) is 10.8 Å². The van der Waals surface area contributed by atoms with Crippen LogP contribution in [0.3, 0.4) is 0 Å². The number of amides is 1. The molecule has 1 N–H and O–H groups in total. The summed E-state index contributed by atoms with van der Waals surface area (Å²) in [5.74, 6) is 2.20. The van der Waals surface area contributed by atoms with Gasteiger partial charge in [-0.2, -0.15) is 0 Å². The second-order valence-corrected chi connectivity index (χ2v) is 12.7. The van der Waals surface area contributed by atoms with Gasteiger partial charge in [0.15, 0.2) is 4.34 Å². The standard InChI is InChI=1S/C26H30N4O2S2/c1-25(2)13-19-14-26(3,16-25)17-30(19)22(31)15-33-24-29-28-23(34-24)27-18-9-11-21(12-10-18)32-20-7-5-4-6-8-20/h4-12,19H,13-17H2,1-3H3,(H,27,28). The van der Waals surface area contributed by atoms with Gasteiger partial charge in [-0.3, -0.25) is 4.79 Å². The van der Waals surface area contributed by atoms with Gasteiger partial charge in [0.2, 0.25) is 11.0 Å². The highest BCUT2D eigenvalue weighted by atomic mass is 32.2. The van der Waals surface area contributed by atoms with Gasteiger partial charge >= 0.3 is 0 Å². The third kappa shape index (κ3) is 5.39. The number of rotatable bonds is 7.